The second-order valence-electron chi connectivity index (χ2n) is 7.56. The molecular weight excluding hydrogens is 386 g/mol. The maximum absolute atomic E-state index is 10.7. The van der Waals surface area contributed by atoms with Crippen molar-refractivity contribution in [3.05, 3.63) is 59.1 Å². The number of halogens is 1. The predicted octanol–water partition coefficient (Wildman–Crippen LogP) is 6.38. The van der Waals surface area contributed by atoms with Crippen LogP contribution in [-0.4, -0.2) is 17.9 Å². The Morgan fingerprint density at radius 1 is 1.03 bits per heavy atom. The van der Waals surface area contributed by atoms with E-state index >= 15 is 0 Å². The van der Waals surface area contributed by atoms with Gasteiger partial charge < -0.3 is 14.3 Å². The highest BCUT2D eigenvalue weighted by atomic mass is 35.5. The smallest absolute Gasteiger partial charge is 0.219 e. The predicted molar refractivity (Wildman–Crippen MR) is 115 cm³/mol. The molecule has 1 aliphatic carbocycles. The van der Waals surface area contributed by atoms with Crippen LogP contribution >= 0.6 is 11.6 Å². The zero-order chi connectivity index (χ0) is 20.1. The molecule has 0 amide bonds. The van der Waals surface area contributed by atoms with Crippen molar-refractivity contribution in [2.45, 2.75) is 38.5 Å². The second-order valence-corrected chi connectivity index (χ2v) is 7.96. The van der Waals surface area contributed by atoms with Crippen molar-refractivity contribution in [3.63, 3.8) is 0 Å². The van der Waals surface area contributed by atoms with Crippen LogP contribution in [0.15, 0.2) is 48.5 Å². The van der Waals surface area contributed by atoms with Crippen molar-refractivity contribution in [1.82, 2.24) is 4.98 Å². The number of aldehydes is 1. The van der Waals surface area contributed by atoms with Gasteiger partial charge in [0.05, 0.1) is 17.1 Å². The van der Waals surface area contributed by atoms with E-state index in [9.17, 15) is 4.79 Å². The molecule has 4 rings (SSSR count). The average Bonchev–Trinajstić information content (AvgIpc) is 2.74. The Morgan fingerprint density at radius 2 is 1.90 bits per heavy atom. The molecule has 1 fully saturated rings. The minimum absolute atomic E-state index is 0.405. The summed E-state index contributed by atoms with van der Waals surface area (Å²) in [5.41, 5.74) is 1.79. The Morgan fingerprint density at radius 3 is 2.69 bits per heavy atom. The maximum atomic E-state index is 10.7. The summed E-state index contributed by atoms with van der Waals surface area (Å²) in [7, 11) is 0. The molecule has 1 heterocycles. The van der Waals surface area contributed by atoms with Crippen molar-refractivity contribution < 1.29 is 14.3 Å². The molecule has 0 unspecified atom stereocenters. The number of hydrogen-bond donors (Lipinski definition) is 0. The van der Waals surface area contributed by atoms with Gasteiger partial charge in [-0.3, -0.25) is 0 Å². The lowest BCUT2D eigenvalue weighted by Crippen LogP contribution is -2.15. The van der Waals surface area contributed by atoms with E-state index < -0.39 is 0 Å². The van der Waals surface area contributed by atoms with Gasteiger partial charge in [0, 0.05) is 23.9 Å². The van der Waals surface area contributed by atoms with Crippen LogP contribution in [0.2, 0.25) is 5.02 Å². The molecule has 1 aromatic heterocycles. The van der Waals surface area contributed by atoms with Gasteiger partial charge in [-0.25, -0.2) is 4.98 Å². The Hall–Kier alpha value is -2.59. The Labute approximate surface area is 175 Å². The van der Waals surface area contributed by atoms with E-state index in [0.29, 0.717) is 34.7 Å². The SMILES string of the molecule is O=CCc1ccc2nc(Oc3ccc(OCC4CCCCC4)c(Cl)c3)ccc2c1. The van der Waals surface area contributed by atoms with Gasteiger partial charge in [0.25, 0.3) is 0 Å². The Balaban J connectivity index is 1.42. The van der Waals surface area contributed by atoms with Gasteiger partial charge in [0.2, 0.25) is 5.88 Å². The van der Waals surface area contributed by atoms with Crippen LogP contribution in [0.25, 0.3) is 10.9 Å². The molecule has 0 N–H and O–H groups in total. The number of nitrogens with zero attached hydrogens (tertiary/aromatic N) is 1. The van der Waals surface area contributed by atoms with E-state index in [-0.39, 0.29) is 0 Å². The molecular formula is C24H24ClNO3. The number of aromatic nitrogens is 1. The lowest BCUT2D eigenvalue weighted by molar-refractivity contribution is -0.107. The molecule has 0 spiro atoms. The molecule has 1 aliphatic rings. The van der Waals surface area contributed by atoms with E-state index in [4.69, 9.17) is 21.1 Å². The van der Waals surface area contributed by atoms with Crippen LogP contribution in [-0.2, 0) is 11.2 Å². The van der Waals surface area contributed by atoms with Gasteiger partial charge in [-0.05, 0) is 54.7 Å². The summed E-state index contributed by atoms with van der Waals surface area (Å²) in [4.78, 5) is 15.2. The van der Waals surface area contributed by atoms with E-state index in [1.807, 2.05) is 42.5 Å². The number of fused-ring (bicyclic) bond motifs is 1. The van der Waals surface area contributed by atoms with Crippen LogP contribution in [0.5, 0.6) is 17.4 Å². The standard InChI is InChI=1S/C24H24ClNO3/c25-21-15-20(8-10-23(21)28-16-18-4-2-1-3-5-18)29-24-11-7-19-14-17(12-13-27)6-9-22(19)26-24/h6-11,13-15,18H,1-5,12,16H2. The number of carbonyl (C=O) groups excluding carboxylic acids is 1. The monoisotopic (exact) mass is 409 g/mol. The zero-order valence-corrected chi connectivity index (χ0v) is 17.0. The van der Waals surface area contributed by atoms with Gasteiger partial charge in [-0.15, -0.1) is 0 Å². The quantitative estimate of drug-likeness (QED) is 0.425. The first-order chi connectivity index (χ1) is 14.2. The molecule has 150 valence electrons. The van der Waals surface area contributed by atoms with Crippen LogP contribution < -0.4 is 9.47 Å². The van der Waals surface area contributed by atoms with Crippen LogP contribution in [0.1, 0.15) is 37.7 Å². The fourth-order valence-corrected chi connectivity index (χ4v) is 4.01. The molecule has 0 atom stereocenters. The van der Waals surface area contributed by atoms with Crippen LogP contribution in [0.4, 0.5) is 0 Å². The van der Waals surface area contributed by atoms with E-state index in [1.165, 1.54) is 32.1 Å². The topological polar surface area (TPSA) is 48.4 Å². The van der Waals surface area contributed by atoms with Gasteiger partial charge in [-0.1, -0.05) is 36.9 Å². The summed E-state index contributed by atoms with van der Waals surface area (Å²) in [6.07, 6.45) is 7.72. The van der Waals surface area contributed by atoms with Crippen LogP contribution in [0.3, 0.4) is 0 Å². The minimum Gasteiger partial charge on any atom is -0.492 e. The van der Waals surface area contributed by atoms with Gasteiger partial charge in [0.15, 0.2) is 0 Å². The molecule has 5 heteroatoms. The zero-order valence-electron chi connectivity index (χ0n) is 16.3. The summed E-state index contributed by atoms with van der Waals surface area (Å²) in [5.74, 6) is 2.43. The number of pyridine rings is 1. The molecule has 3 aromatic rings. The highest BCUT2D eigenvalue weighted by Gasteiger charge is 2.15. The number of hydrogen-bond acceptors (Lipinski definition) is 4. The molecule has 29 heavy (non-hydrogen) atoms. The molecule has 2 aromatic carbocycles. The van der Waals surface area contributed by atoms with E-state index in [0.717, 1.165) is 29.4 Å². The van der Waals surface area contributed by atoms with Crippen molar-refractivity contribution in [1.29, 1.82) is 0 Å². The molecule has 0 bridgehead atoms. The molecule has 0 radical (unpaired) electrons. The van der Waals surface area contributed by atoms with E-state index in [2.05, 4.69) is 4.98 Å². The summed E-state index contributed by atoms with van der Waals surface area (Å²) in [5, 5.41) is 1.51. The summed E-state index contributed by atoms with van der Waals surface area (Å²) >= 11 is 6.40. The first-order valence-electron chi connectivity index (χ1n) is 10.1. The highest BCUT2D eigenvalue weighted by molar-refractivity contribution is 6.32. The minimum atomic E-state index is 0.405. The molecule has 4 nitrogen and oxygen atoms in total. The molecule has 0 saturated heterocycles. The summed E-state index contributed by atoms with van der Waals surface area (Å²) < 4.78 is 11.8. The third kappa shape index (κ3) is 5.07. The van der Waals surface area contributed by atoms with Gasteiger partial charge >= 0.3 is 0 Å². The fourth-order valence-electron chi connectivity index (χ4n) is 3.78. The average molecular weight is 410 g/mol. The second kappa shape index (κ2) is 9.27. The largest absolute Gasteiger partial charge is 0.492 e. The number of ether oxygens (including phenoxy) is 2. The van der Waals surface area contributed by atoms with Crippen molar-refractivity contribution >= 4 is 28.8 Å². The van der Waals surface area contributed by atoms with Crippen molar-refractivity contribution in [2.24, 2.45) is 5.92 Å². The first-order valence-corrected chi connectivity index (χ1v) is 10.5. The third-order valence-corrected chi connectivity index (χ3v) is 5.67. The molecule has 1 saturated carbocycles. The summed E-state index contributed by atoms with van der Waals surface area (Å²) in [6, 6.07) is 15.0. The molecule has 0 aliphatic heterocycles. The third-order valence-electron chi connectivity index (χ3n) is 5.37. The highest BCUT2D eigenvalue weighted by Crippen LogP contribution is 2.33. The van der Waals surface area contributed by atoms with Crippen molar-refractivity contribution in [3.8, 4) is 17.4 Å². The lowest BCUT2D eigenvalue weighted by atomic mass is 9.90. The summed E-state index contributed by atoms with van der Waals surface area (Å²) in [6.45, 7) is 0.720. The maximum Gasteiger partial charge on any atom is 0.219 e. The number of carbonyl (C=O) groups is 1. The first kappa shape index (κ1) is 19.7. The number of benzene rings is 2. The Bertz CT molecular complexity index is 999. The Kier molecular flexibility index (Phi) is 6.30. The normalized spacial score (nSPS) is 14.7. The van der Waals surface area contributed by atoms with Crippen molar-refractivity contribution in [2.75, 3.05) is 6.61 Å². The van der Waals surface area contributed by atoms with Crippen LogP contribution in [0, 0.1) is 5.92 Å². The van der Waals surface area contributed by atoms with Gasteiger partial charge in [-0.2, -0.15) is 0 Å². The lowest BCUT2D eigenvalue weighted by Gasteiger charge is -2.22. The van der Waals surface area contributed by atoms with E-state index in [1.54, 1.807) is 6.07 Å². The van der Waals surface area contributed by atoms with Gasteiger partial charge in [0.1, 0.15) is 17.8 Å². The fraction of sp³-hybridized carbons (Fsp3) is 0.333. The number of rotatable bonds is 7.